The van der Waals surface area contributed by atoms with Crippen molar-refractivity contribution in [1.29, 1.82) is 0 Å². The fourth-order valence-electron chi connectivity index (χ4n) is 3.57. The average Bonchev–Trinajstić information content (AvgIpc) is 2.84. The molecule has 10 nitrogen and oxygen atoms in total. The molecule has 7 N–H and O–H groups in total. The second kappa shape index (κ2) is 14.4. The van der Waals surface area contributed by atoms with Crippen molar-refractivity contribution in [2.75, 3.05) is 0 Å². The third kappa shape index (κ3) is 9.14. The van der Waals surface area contributed by atoms with Gasteiger partial charge in [0.05, 0.1) is 6.04 Å². The van der Waals surface area contributed by atoms with E-state index >= 15 is 0 Å². The SMILES string of the molecule is CCC(C)C(N)C(=O)NC(C(=O)NC(C(=O)NC(Cc1ccc(O)cc1)C(=O)O)C(C)C)C(C)CC. The molecule has 0 aliphatic rings. The van der Waals surface area contributed by atoms with Gasteiger partial charge < -0.3 is 31.9 Å². The molecule has 0 aliphatic carbocycles. The molecule has 1 rings (SSSR count). The van der Waals surface area contributed by atoms with Gasteiger partial charge in [-0.3, -0.25) is 14.4 Å². The molecule has 0 heterocycles. The first kappa shape index (κ1) is 30.9. The van der Waals surface area contributed by atoms with E-state index in [2.05, 4.69) is 16.0 Å². The van der Waals surface area contributed by atoms with Crippen molar-refractivity contribution < 1.29 is 29.4 Å². The lowest BCUT2D eigenvalue weighted by Crippen LogP contribution is -2.60. The van der Waals surface area contributed by atoms with Crippen LogP contribution in [0.15, 0.2) is 24.3 Å². The molecule has 10 heteroatoms. The predicted octanol–water partition coefficient (Wildman–Crippen LogP) is 1.55. The second-order valence-corrected chi connectivity index (χ2v) is 9.78. The van der Waals surface area contributed by atoms with E-state index in [0.717, 1.165) is 0 Å². The highest BCUT2D eigenvalue weighted by Crippen LogP contribution is 2.14. The summed E-state index contributed by atoms with van der Waals surface area (Å²) in [4.78, 5) is 50.8. The second-order valence-electron chi connectivity index (χ2n) is 9.78. The smallest absolute Gasteiger partial charge is 0.326 e. The summed E-state index contributed by atoms with van der Waals surface area (Å²) < 4.78 is 0. The van der Waals surface area contributed by atoms with Crippen molar-refractivity contribution in [2.45, 2.75) is 85.0 Å². The van der Waals surface area contributed by atoms with Gasteiger partial charge in [-0.05, 0) is 35.4 Å². The van der Waals surface area contributed by atoms with E-state index in [0.29, 0.717) is 18.4 Å². The summed E-state index contributed by atoms with van der Waals surface area (Å²) in [6.07, 6.45) is 1.31. The molecule has 36 heavy (non-hydrogen) atoms. The minimum absolute atomic E-state index is 0.000826. The van der Waals surface area contributed by atoms with Crippen LogP contribution in [0.3, 0.4) is 0 Å². The fourth-order valence-corrected chi connectivity index (χ4v) is 3.57. The van der Waals surface area contributed by atoms with Crippen molar-refractivity contribution >= 4 is 23.7 Å². The number of nitrogens with one attached hydrogen (secondary N) is 3. The van der Waals surface area contributed by atoms with Gasteiger partial charge in [0.25, 0.3) is 0 Å². The summed E-state index contributed by atoms with van der Waals surface area (Å²) in [5.41, 5.74) is 6.65. The van der Waals surface area contributed by atoms with Gasteiger partial charge in [0.15, 0.2) is 0 Å². The molecule has 1 aromatic carbocycles. The first-order valence-electron chi connectivity index (χ1n) is 12.5. The number of carbonyl (C=O) groups excluding carboxylic acids is 3. The summed E-state index contributed by atoms with van der Waals surface area (Å²) in [6.45, 7) is 11.0. The highest BCUT2D eigenvalue weighted by Gasteiger charge is 2.34. The molecule has 0 saturated carbocycles. The first-order valence-corrected chi connectivity index (χ1v) is 12.5. The quantitative estimate of drug-likeness (QED) is 0.222. The Morgan fingerprint density at radius 1 is 0.806 bits per heavy atom. The first-order chi connectivity index (χ1) is 16.8. The number of benzene rings is 1. The number of carboxylic acids is 1. The lowest BCUT2D eigenvalue weighted by atomic mass is 9.94. The largest absolute Gasteiger partial charge is 0.508 e. The Hall–Kier alpha value is -3.14. The maximum Gasteiger partial charge on any atom is 0.326 e. The van der Waals surface area contributed by atoms with E-state index in [1.165, 1.54) is 12.1 Å². The Bertz CT molecular complexity index is 889. The van der Waals surface area contributed by atoms with Gasteiger partial charge in [0.1, 0.15) is 23.9 Å². The standard InChI is InChI=1S/C26H42N4O6/c1-7-15(5)20(27)23(32)30-22(16(6)8-2)25(34)29-21(14(3)4)24(33)28-19(26(35)36)13-17-9-11-18(31)12-10-17/h9-12,14-16,19-22,31H,7-8,13,27H2,1-6H3,(H,28,33)(H,29,34)(H,30,32)(H,35,36). The van der Waals surface area contributed by atoms with E-state index in [1.807, 2.05) is 27.7 Å². The Morgan fingerprint density at radius 3 is 1.78 bits per heavy atom. The van der Waals surface area contributed by atoms with E-state index in [4.69, 9.17) is 5.73 Å². The number of phenolic OH excluding ortho intramolecular Hbond substituents is 1. The third-order valence-electron chi connectivity index (χ3n) is 6.59. The van der Waals surface area contributed by atoms with Crippen molar-refractivity contribution in [3.8, 4) is 5.75 Å². The zero-order valence-electron chi connectivity index (χ0n) is 22.1. The van der Waals surface area contributed by atoms with Gasteiger partial charge >= 0.3 is 5.97 Å². The van der Waals surface area contributed by atoms with E-state index in [-0.39, 0.29) is 29.9 Å². The van der Waals surface area contributed by atoms with Crippen LogP contribution in [0.25, 0.3) is 0 Å². The number of hydrogen-bond donors (Lipinski definition) is 6. The van der Waals surface area contributed by atoms with Gasteiger partial charge in [-0.15, -0.1) is 0 Å². The number of phenols is 1. The van der Waals surface area contributed by atoms with Crippen LogP contribution >= 0.6 is 0 Å². The highest BCUT2D eigenvalue weighted by molar-refractivity contribution is 5.94. The van der Waals surface area contributed by atoms with Crippen molar-refractivity contribution in [1.82, 2.24) is 16.0 Å². The predicted molar refractivity (Wildman–Crippen MR) is 137 cm³/mol. The lowest BCUT2D eigenvalue weighted by molar-refractivity contribution is -0.142. The highest BCUT2D eigenvalue weighted by atomic mass is 16.4. The summed E-state index contributed by atoms with van der Waals surface area (Å²) in [5.74, 6) is -3.44. The number of nitrogens with two attached hydrogens (primary N) is 1. The number of hydrogen-bond acceptors (Lipinski definition) is 6. The molecule has 0 aliphatic heterocycles. The number of carbonyl (C=O) groups is 4. The summed E-state index contributed by atoms with van der Waals surface area (Å²) >= 11 is 0. The number of amides is 3. The molecule has 1 aromatic rings. The molecule has 0 radical (unpaired) electrons. The van der Waals surface area contributed by atoms with Crippen LogP contribution in [-0.2, 0) is 25.6 Å². The van der Waals surface area contributed by atoms with Gasteiger partial charge in [0, 0.05) is 6.42 Å². The Kier molecular flexibility index (Phi) is 12.4. The third-order valence-corrected chi connectivity index (χ3v) is 6.59. The Labute approximate surface area is 213 Å². The number of aliphatic carboxylic acids is 1. The van der Waals surface area contributed by atoms with Gasteiger partial charge in [-0.25, -0.2) is 4.79 Å². The lowest BCUT2D eigenvalue weighted by Gasteiger charge is -2.30. The van der Waals surface area contributed by atoms with E-state index in [1.54, 1.807) is 26.0 Å². The van der Waals surface area contributed by atoms with Crippen LogP contribution in [-0.4, -0.2) is 58.1 Å². The van der Waals surface area contributed by atoms with Crippen molar-refractivity contribution in [3.05, 3.63) is 29.8 Å². The number of carboxylic acid groups (broad SMARTS) is 1. The monoisotopic (exact) mass is 506 g/mol. The van der Waals surface area contributed by atoms with Crippen molar-refractivity contribution in [2.24, 2.45) is 23.5 Å². The molecule has 0 aromatic heterocycles. The van der Waals surface area contributed by atoms with Crippen molar-refractivity contribution in [3.63, 3.8) is 0 Å². The molecule has 0 saturated heterocycles. The minimum atomic E-state index is -1.24. The van der Waals surface area contributed by atoms with E-state index < -0.39 is 47.9 Å². The van der Waals surface area contributed by atoms with Crippen LogP contribution in [0.2, 0.25) is 0 Å². The molecule has 6 unspecified atom stereocenters. The summed E-state index contributed by atoms with van der Waals surface area (Å²) in [5, 5.41) is 27.0. The molecule has 3 amide bonds. The molecule has 0 spiro atoms. The van der Waals surface area contributed by atoms with Crippen LogP contribution in [0, 0.1) is 17.8 Å². The number of rotatable bonds is 14. The van der Waals surface area contributed by atoms with Crippen LogP contribution in [0.4, 0.5) is 0 Å². The maximum absolute atomic E-state index is 13.2. The number of aromatic hydroxyl groups is 1. The normalized spacial score (nSPS) is 16.2. The molecular formula is C26H42N4O6. The molecule has 6 atom stereocenters. The summed E-state index contributed by atoms with van der Waals surface area (Å²) in [6, 6.07) is 2.08. The zero-order chi connectivity index (χ0) is 27.6. The van der Waals surface area contributed by atoms with Crippen LogP contribution < -0.4 is 21.7 Å². The van der Waals surface area contributed by atoms with Gasteiger partial charge in [-0.1, -0.05) is 66.5 Å². The van der Waals surface area contributed by atoms with Crippen LogP contribution in [0.5, 0.6) is 5.75 Å². The average molecular weight is 507 g/mol. The Morgan fingerprint density at radius 2 is 1.31 bits per heavy atom. The zero-order valence-corrected chi connectivity index (χ0v) is 22.1. The van der Waals surface area contributed by atoms with Gasteiger partial charge in [-0.2, -0.15) is 0 Å². The van der Waals surface area contributed by atoms with Crippen LogP contribution in [0.1, 0.15) is 59.9 Å². The van der Waals surface area contributed by atoms with E-state index in [9.17, 15) is 29.4 Å². The Balaban J connectivity index is 3.01. The molecule has 202 valence electrons. The summed E-state index contributed by atoms with van der Waals surface area (Å²) in [7, 11) is 0. The maximum atomic E-state index is 13.2. The van der Waals surface area contributed by atoms with Gasteiger partial charge in [0.2, 0.25) is 17.7 Å². The molecule has 0 fully saturated rings. The fraction of sp³-hybridized carbons (Fsp3) is 0.615. The molecule has 0 bridgehead atoms. The molecular weight excluding hydrogens is 464 g/mol. The topological polar surface area (TPSA) is 171 Å². The minimum Gasteiger partial charge on any atom is -0.508 e.